The Labute approximate surface area is 167 Å². The third-order valence-corrected chi connectivity index (χ3v) is 4.64. The van der Waals surface area contributed by atoms with Gasteiger partial charge in [0.15, 0.2) is 5.76 Å². The summed E-state index contributed by atoms with van der Waals surface area (Å²) < 4.78 is 24.6. The fourth-order valence-corrected chi connectivity index (χ4v) is 3.25. The van der Waals surface area contributed by atoms with Crippen LogP contribution in [0.15, 0.2) is 66.4 Å². The molecule has 0 aliphatic carbocycles. The largest absolute Gasteiger partial charge is 0.489 e. The third kappa shape index (κ3) is 3.78. The molecule has 140 valence electrons. The Balaban J connectivity index is 1.56. The molecular formula is C23H16ClFO3. The van der Waals surface area contributed by atoms with Crippen molar-refractivity contribution in [3.8, 4) is 11.5 Å². The van der Waals surface area contributed by atoms with Gasteiger partial charge in [0.05, 0.1) is 5.56 Å². The highest BCUT2D eigenvalue weighted by Gasteiger charge is 2.30. The highest BCUT2D eigenvalue weighted by molar-refractivity contribution is 6.30. The van der Waals surface area contributed by atoms with E-state index in [0.717, 1.165) is 16.7 Å². The molecule has 1 aliphatic heterocycles. The van der Waals surface area contributed by atoms with Gasteiger partial charge in [-0.15, -0.1) is 0 Å². The molecule has 1 heterocycles. The number of rotatable bonds is 4. The van der Waals surface area contributed by atoms with Crippen LogP contribution in [0.25, 0.3) is 6.08 Å². The van der Waals surface area contributed by atoms with Crippen LogP contribution < -0.4 is 9.47 Å². The van der Waals surface area contributed by atoms with Crippen molar-refractivity contribution in [1.82, 2.24) is 0 Å². The maximum absolute atomic E-state index is 13.0. The lowest BCUT2D eigenvalue weighted by atomic mass is 10.0. The van der Waals surface area contributed by atoms with Crippen LogP contribution in [0.2, 0.25) is 5.02 Å². The Kier molecular flexibility index (Phi) is 4.88. The molecule has 0 saturated heterocycles. The lowest BCUT2D eigenvalue weighted by Gasteiger charge is -2.09. The Bertz CT molecular complexity index is 1090. The molecule has 0 amide bonds. The molecule has 28 heavy (non-hydrogen) atoms. The average Bonchev–Trinajstić information content (AvgIpc) is 2.97. The van der Waals surface area contributed by atoms with Crippen molar-refractivity contribution in [3.63, 3.8) is 0 Å². The van der Waals surface area contributed by atoms with E-state index in [1.165, 1.54) is 12.1 Å². The molecule has 3 nitrogen and oxygen atoms in total. The molecule has 0 spiro atoms. The number of fused-ring (bicyclic) bond motifs is 1. The third-order valence-electron chi connectivity index (χ3n) is 4.41. The molecule has 3 aromatic rings. The quantitative estimate of drug-likeness (QED) is 0.510. The summed E-state index contributed by atoms with van der Waals surface area (Å²) in [5, 5.41) is 0.588. The Morgan fingerprint density at radius 2 is 1.89 bits per heavy atom. The van der Waals surface area contributed by atoms with Gasteiger partial charge >= 0.3 is 0 Å². The summed E-state index contributed by atoms with van der Waals surface area (Å²) in [4.78, 5) is 12.7. The van der Waals surface area contributed by atoms with Gasteiger partial charge in [0.1, 0.15) is 23.9 Å². The Morgan fingerprint density at radius 1 is 1.11 bits per heavy atom. The van der Waals surface area contributed by atoms with E-state index in [1.807, 2.05) is 19.1 Å². The van der Waals surface area contributed by atoms with Crippen LogP contribution in [0.5, 0.6) is 11.5 Å². The molecule has 4 rings (SSSR count). The average molecular weight is 395 g/mol. The number of Topliss-reactive ketones (excluding diaryl/α,β-unsaturated/α-hetero) is 1. The van der Waals surface area contributed by atoms with Crippen LogP contribution in [0.1, 0.15) is 27.0 Å². The summed E-state index contributed by atoms with van der Waals surface area (Å²) in [6, 6.07) is 16.8. The normalized spacial score (nSPS) is 14.1. The first kappa shape index (κ1) is 18.3. The molecule has 0 N–H and O–H groups in total. The topological polar surface area (TPSA) is 35.5 Å². The van der Waals surface area contributed by atoms with Crippen LogP contribution >= 0.6 is 11.6 Å². The van der Waals surface area contributed by atoms with Crippen molar-refractivity contribution in [2.75, 3.05) is 0 Å². The highest BCUT2D eigenvalue weighted by atomic mass is 35.5. The first-order valence-electron chi connectivity index (χ1n) is 8.71. The zero-order chi connectivity index (χ0) is 19.7. The second-order valence-electron chi connectivity index (χ2n) is 6.52. The van der Waals surface area contributed by atoms with Crippen LogP contribution in [-0.2, 0) is 6.61 Å². The number of benzene rings is 3. The second kappa shape index (κ2) is 7.49. The number of halogens is 2. The standard InChI is InChI=1S/C23H16ClFO3/c1-14-9-19(27-13-15-5-7-18(25)8-6-15)12-20-22(14)23(26)21(28-20)11-16-3-2-4-17(24)10-16/h2-12H,13H2,1H3/b21-11-. The van der Waals surface area contributed by atoms with Gasteiger partial charge in [-0.25, -0.2) is 4.39 Å². The minimum absolute atomic E-state index is 0.169. The lowest BCUT2D eigenvalue weighted by Crippen LogP contribution is -2.00. The van der Waals surface area contributed by atoms with Gasteiger partial charge in [0, 0.05) is 11.1 Å². The number of allylic oxidation sites excluding steroid dienone is 1. The maximum atomic E-state index is 13.0. The smallest absolute Gasteiger partial charge is 0.232 e. The number of hydrogen-bond donors (Lipinski definition) is 0. The van der Waals surface area contributed by atoms with Gasteiger partial charge in [0.2, 0.25) is 5.78 Å². The van der Waals surface area contributed by atoms with Crippen LogP contribution in [0.3, 0.4) is 0 Å². The van der Waals surface area contributed by atoms with Gasteiger partial charge in [-0.2, -0.15) is 0 Å². The second-order valence-corrected chi connectivity index (χ2v) is 6.96. The molecular weight excluding hydrogens is 379 g/mol. The van der Waals surface area contributed by atoms with Crippen molar-refractivity contribution >= 4 is 23.5 Å². The fraction of sp³-hybridized carbons (Fsp3) is 0.0870. The van der Waals surface area contributed by atoms with E-state index < -0.39 is 0 Å². The van der Waals surface area contributed by atoms with Crippen molar-refractivity contribution in [1.29, 1.82) is 0 Å². The zero-order valence-electron chi connectivity index (χ0n) is 15.0. The molecule has 0 bridgehead atoms. The fourth-order valence-electron chi connectivity index (χ4n) is 3.06. The maximum Gasteiger partial charge on any atom is 0.232 e. The van der Waals surface area contributed by atoms with Gasteiger partial charge in [-0.05, 0) is 60.0 Å². The molecule has 0 unspecified atom stereocenters. The number of hydrogen-bond acceptors (Lipinski definition) is 3. The lowest BCUT2D eigenvalue weighted by molar-refractivity contribution is 0.101. The van der Waals surface area contributed by atoms with E-state index in [1.54, 1.807) is 42.5 Å². The SMILES string of the molecule is Cc1cc(OCc2ccc(F)cc2)cc2c1C(=O)/C(=C/c1cccc(Cl)c1)O2. The summed E-state index contributed by atoms with van der Waals surface area (Å²) >= 11 is 6.00. The summed E-state index contributed by atoms with van der Waals surface area (Å²) in [6.45, 7) is 2.13. The van der Waals surface area contributed by atoms with E-state index in [4.69, 9.17) is 21.1 Å². The molecule has 0 radical (unpaired) electrons. The van der Waals surface area contributed by atoms with Crippen molar-refractivity contribution < 1.29 is 18.7 Å². The molecule has 0 aromatic heterocycles. The number of ether oxygens (including phenoxy) is 2. The summed E-state index contributed by atoms with van der Waals surface area (Å²) in [5.41, 5.74) is 2.93. The van der Waals surface area contributed by atoms with E-state index in [9.17, 15) is 9.18 Å². The molecule has 0 fully saturated rings. The molecule has 1 aliphatic rings. The highest BCUT2D eigenvalue weighted by Crippen LogP contribution is 2.37. The van der Waals surface area contributed by atoms with Crippen molar-refractivity contribution in [3.05, 3.63) is 99.5 Å². The molecule has 3 aromatic carbocycles. The van der Waals surface area contributed by atoms with Gasteiger partial charge < -0.3 is 9.47 Å². The first-order chi connectivity index (χ1) is 13.5. The monoisotopic (exact) mass is 394 g/mol. The van der Waals surface area contributed by atoms with Crippen LogP contribution in [0.4, 0.5) is 4.39 Å². The van der Waals surface area contributed by atoms with Crippen molar-refractivity contribution in [2.24, 2.45) is 0 Å². The van der Waals surface area contributed by atoms with Crippen molar-refractivity contribution in [2.45, 2.75) is 13.5 Å². The minimum Gasteiger partial charge on any atom is -0.489 e. The predicted molar refractivity (Wildman–Crippen MR) is 106 cm³/mol. The van der Waals surface area contributed by atoms with Gasteiger partial charge in [-0.1, -0.05) is 35.9 Å². The van der Waals surface area contributed by atoms with Gasteiger partial charge in [-0.3, -0.25) is 4.79 Å². The number of carbonyl (C=O) groups excluding carboxylic acids is 1. The first-order valence-corrected chi connectivity index (χ1v) is 9.09. The minimum atomic E-state index is -0.289. The summed E-state index contributed by atoms with van der Waals surface area (Å²) in [7, 11) is 0. The van der Waals surface area contributed by atoms with E-state index in [2.05, 4.69) is 0 Å². The summed E-state index contributed by atoms with van der Waals surface area (Å²) in [5.74, 6) is 0.835. The van der Waals surface area contributed by atoms with Crippen LogP contribution in [0, 0.1) is 12.7 Å². The Hall–Kier alpha value is -3.11. The van der Waals surface area contributed by atoms with Gasteiger partial charge in [0.25, 0.3) is 0 Å². The molecule has 0 saturated carbocycles. The Morgan fingerprint density at radius 3 is 2.64 bits per heavy atom. The number of ketones is 1. The molecule has 0 atom stereocenters. The zero-order valence-corrected chi connectivity index (χ0v) is 15.8. The molecule has 5 heteroatoms. The van der Waals surface area contributed by atoms with Crippen LogP contribution in [-0.4, -0.2) is 5.78 Å². The van der Waals surface area contributed by atoms with E-state index in [0.29, 0.717) is 22.1 Å². The summed E-state index contributed by atoms with van der Waals surface area (Å²) in [6.07, 6.45) is 1.67. The number of carbonyl (C=O) groups is 1. The number of aryl methyl sites for hydroxylation is 1. The predicted octanol–water partition coefficient (Wildman–Crippen LogP) is 5.98. The van der Waals surface area contributed by atoms with E-state index >= 15 is 0 Å². The van der Waals surface area contributed by atoms with E-state index in [-0.39, 0.29) is 24.0 Å².